The van der Waals surface area contributed by atoms with Crippen LogP contribution in [-0.4, -0.2) is 25.5 Å². The van der Waals surface area contributed by atoms with Crippen LogP contribution in [0.25, 0.3) is 22.2 Å². The average Bonchev–Trinajstić information content (AvgIpc) is 2.91. The molecule has 4 heteroatoms. The number of benzene rings is 2. The number of aromatic amines is 1. The van der Waals surface area contributed by atoms with Crippen molar-refractivity contribution in [2.75, 3.05) is 14.2 Å². The summed E-state index contributed by atoms with van der Waals surface area (Å²) in [6.07, 6.45) is 0.881. The Morgan fingerprint density at radius 1 is 1.05 bits per heavy atom. The summed E-state index contributed by atoms with van der Waals surface area (Å²) >= 11 is 0. The lowest BCUT2D eigenvalue weighted by molar-refractivity contribution is 0.112. The molecule has 0 spiro atoms. The molecule has 1 heterocycles. The van der Waals surface area contributed by atoms with E-state index < -0.39 is 0 Å². The molecule has 0 saturated carbocycles. The number of rotatable bonds is 4. The highest BCUT2D eigenvalue weighted by Gasteiger charge is 2.17. The van der Waals surface area contributed by atoms with Gasteiger partial charge < -0.3 is 14.5 Å². The fourth-order valence-corrected chi connectivity index (χ4v) is 2.67. The summed E-state index contributed by atoms with van der Waals surface area (Å²) < 4.78 is 10.7. The lowest BCUT2D eigenvalue weighted by atomic mass is 10.0. The van der Waals surface area contributed by atoms with Crippen LogP contribution in [0.1, 0.15) is 15.9 Å². The lowest BCUT2D eigenvalue weighted by Gasteiger charge is -2.10. The minimum Gasteiger partial charge on any atom is -0.497 e. The molecular formula is C18H17NO3. The van der Waals surface area contributed by atoms with Crippen LogP contribution in [0.15, 0.2) is 36.4 Å². The van der Waals surface area contributed by atoms with Crippen molar-refractivity contribution >= 4 is 17.2 Å². The smallest absolute Gasteiger partial charge is 0.152 e. The molecule has 1 N–H and O–H groups in total. The van der Waals surface area contributed by atoms with E-state index in [1.165, 1.54) is 0 Å². The number of hydrogen-bond donors (Lipinski definition) is 1. The average molecular weight is 295 g/mol. The molecule has 22 heavy (non-hydrogen) atoms. The van der Waals surface area contributed by atoms with E-state index >= 15 is 0 Å². The van der Waals surface area contributed by atoms with Gasteiger partial charge in [0.05, 0.1) is 19.9 Å². The van der Waals surface area contributed by atoms with Crippen molar-refractivity contribution in [3.63, 3.8) is 0 Å². The number of carbonyl (C=O) groups excluding carboxylic acids is 1. The first-order valence-electron chi connectivity index (χ1n) is 6.98. The number of aromatic nitrogens is 1. The molecule has 0 saturated heterocycles. The van der Waals surface area contributed by atoms with Gasteiger partial charge in [0, 0.05) is 22.0 Å². The predicted octanol–water partition coefficient (Wildman–Crippen LogP) is 3.97. The monoisotopic (exact) mass is 295 g/mol. The van der Waals surface area contributed by atoms with Gasteiger partial charge in [0.2, 0.25) is 0 Å². The van der Waals surface area contributed by atoms with Gasteiger partial charge in [-0.3, -0.25) is 4.79 Å². The second-order valence-corrected chi connectivity index (χ2v) is 5.15. The van der Waals surface area contributed by atoms with Gasteiger partial charge in [-0.25, -0.2) is 0 Å². The summed E-state index contributed by atoms with van der Waals surface area (Å²) in [6, 6.07) is 11.5. The Morgan fingerprint density at radius 2 is 1.86 bits per heavy atom. The molecule has 4 nitrogen and oxygen atoms in total. The van der Waals surface area contributed by atoms with E-state index in [9.17, 15) is 4.79 Å². The van der Waals surface area contributed by atoms with Gasteiger partial charge in [-0.1, -0.05) is 11.6 Å². The highest BCUT2D eigenvalue weighted by molar-refractivity contribution is 6.05. The SMILES string of the molecule is COc1ccc(OC)c(-c2[nH]c3ccc(C)cc3c2C=O)c1. The number of ether oxygens (including phenoxy) is 2. The maximum Gasteiger partial charge on any atom is 0.152 e. The fraction of sp³-hybridized carbons (Fsp3) is 0.167. The molecule has 0 radical (unpaired) electrons. The molecular weight excluding hydrogens is 278 g/mol. The lowest BCUT2D eigenvalue weighted by Crippen LogP contribution is -1.92. The minimum atomic E-state index is 0.630. The fourth-order valence-electron chi connectivity index (χ4n) is 2.67. The van der Waals surface area contributed by atoms with Gasteiger partial charge in [-0.2, -0.15) is 0 Å². The summed E-state index contributed by atoms with van der Waals surface area (Å²) in [7, 11) is 3.22. The molecule has 2 aromatic carbocycles. The van der Waals surface area contributed by atoms with E-state index in [1.54, 1.807) is 14.2 Å². The number of H-pyrrole nitrogens is 1. The van der Waals surface area contributed by atoms with Crippen LogP contribution in [0.5, 0.6) is 11.5 Å². The Balaban J connectivity index is 2.32. The quantitative estimate of drug-likeness (QED) is 0.741. The zero-order valence-electron chi connectivity index (χ0n) is 12.8. The maximum absolute atomic E-state index is 11.6. The molecule has 112 valence electrons. The molecule has 1 aromatic heterocycles. The number of aldehydes is 1. The number of aryl methyl sites for hydroxylation is 1. The number of hydrogen-bond acceptors (Lipinski definition) is 3. The first kappa shape index (κ1) is 14.2. The Hall–Kier alpha value is -2.75. The van der Waals surface area contributed by atoms with Gasteiger partial charge in [0.15, 0.2) is 6.29 Å². The van der Waals surface area contributed by atoms with Crippen LogP contribution in [0, 0.1) is 6.92 Å². The van der Waals surface area contributed by atoms with E-state index in [0.717, 1.165) is 34.0 Å². The molecule has 0 amide bonds. The standard InChI is InChI=1S/C18H17NO3/c1-11-4-6-16-13(8-11)15(10-20)18(19-16)14-9-12(21-2)5-7-17(14)22-3/h4-10,19H,1-3H3. The first-order chi connectivity index (χ1) is 10.7. The Labute approximate surface area is 128 Å². The molecule has 0 aliphatic heterocycles. The summed E-state index contributed by atoms with van der Waals surface area (Å²) in [5.74, 6) is 1.40. The van der Waals surface area contributed by atoms with Gasteiger partial charge >= 0.3 is 0 Å². The summed E-state index contributed by atoms with van der Waals surface area (Å²) in [4.78, 5) is 15.0. The van der Waals surface area contributed by atoms with Crippen LogP contribution in [0.3, 0.4) is 0 Å². The third-order valence-corrected chi connectivity index (χ3v) is 3.79. The van der Waals surface area contributed by atoms with Gasteiger partial charge in [-0.05, 0) is 37.3 Å². The normalized spacial score (nSPS) is 10.7. The molecule has 0 atom stereocenters. The minimum absolute atomic E-state index is 0.630. The third-order valence-electron chi connectivity index (χ3n) is 3.79. The van der Waals surface area contributed by atoms with Crippen molar-refractivity contribution in [2.45, 2.75) is 6.92 Å². The van der Waals surface area contributed by atoms with Crippen molar-refractivity contribution in [3.05, 3.63) is 47.5 Å². The highest BCUT2D eigenvalue weighted by atomic mass is 16.5. The zero-order chi connectivity index (χ0) is 15.7. The molecule has 3 aromatic rings. The molecule has 0 bridgehead atoms. The number of fused-ring (bicyclic) bond motifs is 1. The van der Waals surface area contributed by atoms with Crippen molar-refractivity contribution in [1.29, 1.82) is 0 Å². The molecule has 0 fully saturated rings. The second-order valence-electron chi connectivity index (χ2n) is 5.15. The van der Waals surface area contributed by atoms with E-state index in [4.69, 9.17) is 9.47 Å². The molecule has 0 aliphatic carbocycles. The topological polar surface area (TPSA) is 51.3 Å². The zero-order valence-corrected chi connectivity index (χ0v) is 12.8. The Morgan fingerprint density at radius 3 is 2.55 bits per heavy atom. The van der Waals surface area contributed by atoms with Gasteiger partial charge in [0.25, 0.3) is 0 Å². The largest absolute Gasteiger partial charge is 0.497 e. The van der Waals surface area contributed by atoms with E-state index in [2.05, 4.69) is 4.98 Å². The second kappa shape index (κ2) is 5.56. The van der Waals surface area contributed by atoms with E-state index in [0.29, 0.717) is 17.1 Å². The molecule has 0 aliphatic rings. The van der Waals surface area contributed by atoms with Gasteiger partial charge in [-0.15, -0.1) is 0 Å². The summed E-state index contributed by atoms with van der Waals surface area (Å²) in [5, 5.41) is 0.912. The van der Waals surface area contributed by atoms with Crippen LogP contribution < -0.4 is 9.47 Å². The van der Waals surface area contributed by atoms with Gasteiger partial charge in [0.1, 0.15) is 11.5 Å². The van der Waals surface area contributed by atoms with Crippen LogP contribution in [0.4, 0.5) is 0 Å². The van der Waals surface area contributed by atoms with E-state index in [1.807, 2.05) is 43.3 Å². The van der Waals surface area contributed by atoms with Crippen molar-refractivity contribution in [3.8, 4) is 22.8 Å². The molecule has 3 rings (SSSR count). The maximum atomic E-state index is 11.6. The Bertz CT molecular complexity index is 849. The number of carbonyl (C=O) groups is 1. The third kappa shape index (κ3) is 2.22. The van der Waals surface area contributed by atoms with Crippen molar-refractivity contribution < 1.29 is 14.3 Å². The number of methoxy groups -OCH3 is 2. The Kier molecular flexibility index (Phi) is 3.59. The van der Waals surface area contributed by atoms with E-state index in [-0.39, 0.29) is 0 Å². The van der Waals surface area contributed by atoms with Crippen LogP contribution in [0.2, 0.25) is 0 Å². The summed E-state index contributed by atoms with van der Waals surface area (Å²) in [6.45, 7) is 2.01. The first-order valence-corrected chi connectivity index (χ1v) is 6.98. The highest BCUT2D eigenvalue weighted by Crippen LogP contribution is 2.37. The summed E-state index contributed by atoms with van der Waals surface area (Å²) in [5.41, 5.74) is 4.21. The van der Waals surface area contributed by atoms with Crippen molar-refractivity contribution in [1.82, 2.24) is 4.98 Å². The number of nitrogens with one attached hydrogen (secondary N) is 1. The molecule has 0 unspecified atom stereocenters. The van der Waals surface area contributed by atoms with Crippen LogP contribution >= 0.6 is 0 Å². The van der Waals surface area contributed by atoms with Crippen LogP contribution in [-0.2, 0) is 0 Å². The van der Waals surface area contributed by atoms with Crippen molar-refractivity contribution in [2.24, 2.45) is 0 Å². The predicted molar refractivity (Wildman–Crippen MR) is 87.0 cm³/mol.